The molecular weight excluding hydrogens is 216 g/mol. The van der Waals surface area contributed by atoms with Crippen LogP contribution in [0.25, 0.3) is 11.2 Å². The molecule has 6 heteroatoms. The summed E-state index contributed by atoms with van der Waals surface area (Å²) in [5.74, 6) is 0.300. The monoisotopic (exact) mass is 224 g/mol. The molecule has 0 amide bonds. The van der Waals surface area contributed by atoms with Gasteiger partial charge in [-0.05, 0) is 6.42 Å². The number of aliphatic hydroxyl groups excluding tert-OH is 1. The maximum Gasteiger partial charge on any atom is 0.178 e. The van der Waals surface area contributed by atoms with Crippen molar-refractivity contribution in [3.63, 3.8) is 0 Å². The number of rotatable bonds is 2. The third-order valence-electron chi connectivity index (χ3n) is 2.61. The Morgan fingerprint density at radius 1 is 1.53 bits per heavy atom. The van der Waals surface area contributed by atoms with Crippen LogP contribution in [0.1, 0.15) is 6.42 Å². The van der Waals surface area contributed by atoms with E-state index >= 15 is 0 Å². The van der Waals surface area contributed by atoms with Gasteiger partial charge in [0.1, 0.15) is 10.7 Å². The van der Waals surface area contributed by atoms with Gasteiger partial charge < -0.3 is 5.11 Å². The maximum atomic E-state index is 9.25. The van der Waals surface area contributed by atoms with E-state index in [0.29, 0.717) is 23.3 Å². The Kier molecular flexibility index (Phi) is 1.90. The molecule has 2 atom stereocenters. The Hall–Kier alpha value is -1.20. The summed E-state index contributed by atoms with van der Waals surface area (Å²) >= 11 is 5.76. The number of nitrogens with zero attached hydrogens (tertiary/aromatic N) is 4. The van der Waals surface area contributed by atoms with Crippen LogP contribution in [0.5, 0.6) is 0 Å². The van der Waals surface area contributed by atoms with Gasteiger partial charge in [0, 0.05) is 12.5 Å². The molecule has 2 aromatic heterocycles. The highest BCUT2D eigenvalue weighted by atomic mass is 35.5. The van der Waals surface area contributed by atoms with E-state index in [1.807, 2.05) is 0 Å². The predicted octanol–water partition coefficient (Wildman–Crippen LogP) is 0.860. The highest BCUT2D eigenvalue weighted by molar-refractivity contribution is 6.29. The zero-order valence-corrected chi connectivity index (χ0v) is 8.59. The van der Waals surface area contributed by atoms with Crippen molar-refractivity contribution >= 4 is 22.8 Å². The number of halogens is 1. The highest BCUT2D eigenvalue weighted by Gasteiger charge is 2.35. The van der Waals surface area contributed by atoms with Crippen molar-refractivity contribution in [2.45, 2.75) is 19.1 Å². The van der Waals surface area contributed by atoms with Gasteiger partial charge in [0.2, 0.25) is 0 Å². The third-order valence-corrected chi connectivity index (χ3v) is 2.79. The van der Waals surface area contributed by atoms with E-state index < -0.39 is 0 Å². The SMILES string of the molecule is OC1CC1Cn1ncc2ncc(Cl)nc21. The largest absolute Gasteiger partial charge is 0.393 e. The number of hydrogen-bond acceptors (Lipinski definition) is 4. The fourth-order valence-electron chi connectivity index (χ4n) is 1.61. The predicted molar refractivity (Wildman–Crippen MR) is 54.4 cm³/mol. The molecule has 1 aliphatic carbocycles. The molecule has 3 rings (SSSR count). The number of hydrogen-bond donors (Lipinski definition) is 1. The second kappa shape index (κ2) is 3.15. The summed E-state index contributed by atoms with van der Waals surface area (Å²) in [5.41, 5.74) is 1.41. The molecule has 2 unspecified atom stereocenters. The van der Waals surface area contributed by atoms with Crippen LogP contribution in [0.4, 0.5) is 0 Å². The minimum Gasteiger partial charge on any atom is -0.393 e. The van der Waals surface area contributed by atoms with E-state index in [-0.39, 0.29) is 6.10 Å². The minimum atomic E-state index is -0.184. The first-order chi connectivity index (χ1) is 7.24. The van der Waals surface area contributed by atoms with Crippen molar-refractivity contribution < 1.29 is 5.11 Å². The molecular formula is C9H9ClN4O. The van der Waals surface area contributed by atoms with E-state index in [4.69, 9.17) is 11.6 Å². The van der Waals surface area contributed by atoms with Gasteiger partial charge in [0.25, 0.3) is 0 Å². The van der Waals surface area contributed by atoms with Gasteiger partial charge in [-0.1, -0.05) is 11.6 Å². The average molecular weight is 225 g/mol. The second-order valence-corrected chi connectivity index (χ2v) is 4.18. The molecule has 78 valence electrons. The van der Waals surface area contributed by atoms with Crippen LogP contribution in [0.2, 0.25) is 5.15 Å². The Morgan fingerprint density at radius 3 is 3.07 bits per heavy atom. The van der Waals surface area contributed by atoms with Crippen LogP contribution < -0.4 is 0 Å². The fourth-order valence-corrected chi connectivity index (χ4v) is 1.74. The summed E-state index contributed by atoms with van der Waals surface area (Å²) in [7, 11) is 0. The molecule has 0 aliphatic heterocycles. The molecule has 0 saturated heterocycles. The number of aromatic nitrogens is 4. The fraction of sp³-hybridized carbons (Fsp3) is 0.444. The summed E-state index contributed by atoms with van der Waals surface area (Å²) in [6.07, 6.45) is 3.82. The van der Waals surface area contributed by atoms with Crippen LogP contribution in [0.15, 0.2) is 12.4 Å². The first-order valence-corrected chi connectivity index (χ1v) is 5.14. The molecule has 2 heterocycles. The molecule has 1 saturated carbocycles. The van der Waals surface area contributed by atoms with Gasteiger partial charge in [-0.25, -0.2) is 14.6 Å². The lowest BCUT2D eigenvalue weighted by Crippen LogP contribution is -2.05. The second-order valence-electron chi connectivity index (χ2n) is 3.79. The van der Waals surface area contributed by atoms with Gasteiger partial charge >= 0.3 is 0 Å². The Bertz CT molecular complexity index is 512. The standard InChI is InChI=1S/C9H9ClN4O/c10-8-3-11-6-2-12-14(9(6)13-8)4-5-1-7(5)15/h2-3,5,7,15H,1,4H2. The molecule has 0 bridgehead atoms. The van der Waals surface area contributed by atoms with Crippen molar-refractivity contribution in [3.05, 3.63) is 17.5 Å². The van der Waals surface area contributed by atoms with Crippen LogP contribution in [0.3, 0.4) is 0 Å². The molecule has 5 nitrogen and oxygen atoms in total. The molecule has 15 heavy (non-hydrogen) atoms. The van der Waals surface area contributed by atoms with Crippen molar-refractivity contribution in [2.75, 3.05) is 0 Å². The Balaban J connectivity index is 1.99. The number of aliphatic hydroxyl groups is 1. The molecule has 0 radical (unpaired) electrons. The van der Waals surface area contributed by atoms with Crippen molar-refractivity contribution in [2.24, 2.45) is 5.92 Å². The lowest BCUT2D eigenvalue weighted by atomic mass is 10.4. The zero-order valence-electron chi connectivity index (χ0n) is 7.84. The van der Waals surface area contributed by atoms with Gasteiger partial charge in [-0.3, -0.25) is 0 Å². The summed E-state index contributed by atoms with van der Waals surface area (Å²) in [5, 5.41) is 13.8. The summed E-state index contributed by atoms with van der Waals surface area (Å²) in [6.45, 7) is 0.680. The van der Waals surface area contributed by atoms with Crippen LogP contribution in [0, 0.1) is 5.92 Å². The Labute approximate surface area is 90.7 Å². The van der Waals surface area contributed by atoms with Crippen molar-refractivity contribution in [1.82, 2.24) is 19.7 Å². The maximum absolute atomic E-state index is 9.25. The van der Waals surface area contributed by atoms with Crippen LogP contribution in [-0.2, 0) is 6.54 Å². The van der Waals surface area contributed by atoms with E-state index in [2.05, 4.69) is 15.1 Å². The summed E-state index contributed by atoms with van der Waals surface area (Å²) in [6, 6.07) is 0. The summed E-state index contributed by atoms with van der Waals surface area (Å²) < 4.78 is 1.75. The molecule has 1 fully saturated rings. The third kappa shape index (κ3) is 1.57. The molecule has 1 aliphatic rings. The van der Waals surface area contributed by atoms with Gasteiger partial charge in [0.15, 0.2) is 5.65 Å². The smallest absolute Gasteiger partial charge is 0.178 e. The van der Waals surface area contributed by atoms with Gasteiger partial charge in [-0.2, -0.15) is 5.10 Å². The molecule has 0 spiro atoms. The minimum absolute atomic E-state index is 0.184. The average Bonchev–Trinajstić information content (AvgIpc) is 2.74. The van der Waals surface area contributed by atoms with E-state index in [9.17, 15) is 5.11 Å². The van der Waals surface area contributed by atoms with Crippen LogP contribution in [-0.4, -0.2) is 31.0 Å². The van der Waals surface area contributed by atoms with Crippen molar-refractivity contribution in [3.8, 4) is 0 Å². The highest BCUT2D eigenvalue weighted by Crippen LogP contribution is 2.32. The molecule has 1 N–H and O–H groups in total. The van der Waals surface area contributed by atoms with Crippen LogP contribution >= 0.6 is 11.6 Å². The normalized spacial score (nSPS) is 24.7. The molecule has 0 aromatic carbocycles. The van der Waals surface area contributed by atoms with Gasteiger partial charge in [-0.15, -0.1) is 0 Å². The lowest BCUT2D eigenvalue weighted by molar-refractivity contribution is 0.252. The first-order valence-electron chi connectivity index (χ1n) is 4.76. The topological polar surface area (TPSA) is 63.8 Å². The van der Waals surface area contributed by atoms with Gasteiger partial charge in [0.05, 0.1) is 18.5 Å². The van der Waals surface area contributed by atoms with E-state index in [1.165, 1.54) is 6.20 Å². The number of fused-ring (bicyclic) bond motifs is 1. The van der Waals surface area contributed by atoms with E-state index in [1.54, 1.807) is 10.9 Å². The molecule has 2 aromatic rings. The quantitative estimate of drug-likeness (QED) is 0.822. The first kappa shape index (κ1) is 9.06. The Morgan fingerprint density at radius 2 is 2.33 bits per heavy atom. The lowest BCUT2D eigenvalue weighted by Gasteiger charge is -2.00. The zero-order chi connectivity index (χ0) is 10.4. The summed E-state index contributed by atoms with van der Waals surface area (Å²) in [4.78, 5) is 8.27. The van der Waals surface area contributed by atoms with Crippen molar-refractivity contribution in [1.29, 1.82) is 0 Å². The van der Waals surface area contributed by atoms with E-state index in [0.717, 1.165) is 11.9 Å².